The molecule has 3 amide bonds. The number of carbonyl (C=O) groups excluding carboxylic acids is 2. The third-order valence-electron chi connectivity index (χ3n) is 3.64. The summed E-state index contributed by atoms with van der Waals surface area (Å²) >= 11 is 0. The first-order valence-corrected chi connectivity index (χ1v) is 6.04. The Balaban J connectivity index is 1.97. The zero-order chi connectivity index (χ0) is 12.9. The maximum absolute atomic E-state index is 12.0. The van der Waals surface area contributed by atoms with Crippen LogP contribution in [0.15, 0.2) is 4.99 Å². The van der Waals surface area contributed by atoms with E-state index >= 15 is 0 Å². The van der Waals surface area contributed by atoms with Gasteiger partial charge in [0.05, 0.1) is 0 Å². The van der Waals surface area contributed by atoms with Crippen LogP contribution < -0.4 is 11.2 Å². The highest BCUT2D eigenvalue weighted by molar-refractivity contribution is 6.03. The van der Waals surface area contributed by atoms with Gasteiger partial charge in [0.15, 0.2) is 12.2 Å². The van der Waals surface area contributed by atoms with Gasteiger partial charge in [0.1, 0.15) is 0 Å². The smallest absolute Gasteiger partial charge is 0.325 e. The van der Waals surface area contributed by atoms with Gasteiger partial charge in [-0.2, -0.15) is 0 Å². The first-order valence-electron chi connectivity index (χ1n) is 6.04. The van der Waals surface area contributed by atoms with E-state index in [1.54, 1.807) is 12.1 Å². The Morgan fingerprint density at radius 3 is 2.83 bits per heavy atom. The lowest BCUT2D eigenvalue weighted by Gasteiger charge is -2.36. The minimum absolute atomic E-state index is 0.294. The van der Waals surface area contributed by atoms with Crippen LogP contribution in [0.5, 0.6) is 0 Å². The average Bonchev–Trinajstić information content (AvgIpc) is 2.63. The fraction of sp³-hybridized carbons (Fsp3) is 0.700. The summed E-state index contributed by atoms with van der Waals surface area (Å²) < 4.78 is 0. The number of hydrazine groups is 1. The highest BCUT2D eigenvalue weighted by Crippen LogP contribution is 2.26. The van der Waals surface area contributed by atoms with E-state index in [4.69, 9.17) is 5.84 Å². The minimum atomic E-state index is -0.467. The second kappa shape index (κ2) is 3.84. The normalized spacial score (nSPS) is 31.7. The summed E-state index contributed by atoms with van der Waals surface area (Å²) in [5, 5.41) is 3.91. The largest absolute Gasteiger partial charge is 0.326 e. The summed E-state index contributed by atoms with van der Waals surface area (Å²) in [4.78, 5) is 31.3. The number of nitrogens with one attached hydrogen (secondary N) is 1. The molecule has 0 aliphatic carbocycles. The number of urea groups is 1. The standard InChI is InChI=1S/C10H16N6O2/c1-14-7-6(8(17)13-10(14)18)15-4-2-3-5-16(11)9(15)12-7/h6-7H,2-5,11H2,1H3,(H,13,17,18). The number of carbonyl (C=O) groups is 2. The summed E-state index contributed by atoms with van der Waals surface area (Å²) in [5.41, 5.74) is 0. The van der Waals surface area contributed by atoms with Crippen molar-refractivity contribution in [2.24, 2.45) is 10.8 Å². The number of amides is 3. The van der Waals surface area contributed by atoms with Crippen LogP contribution in [0.2, 0.25) is 0 Å². The second-order valence-electron chi connectivity index (χ2n) is 4.79. The van der Waals surface area contributed by atoms with E-state index in [-0.39, 0.29) is 5.91 Å². The maximum atomic E-state index is 12.0. The molecule has 3 rings (SSSR count). The van der Waals surface area contributed by atoms with E-state index in [1.165, 1.54) is 4.90 Å². The summed E-state index contributed by atoms with van der Waals surface area (Å²) in [7, 11) is 1.64. The van der Waals surface area contributed by atoms with Crippen molar-refractivity contribution in [3.05, 3.63) is 0 Å². The number of rotatable bonds is 0. The van der Waals surface area contributed by atoms with Crippen LogP contribution in [0.25, 0.3) is 0 Å². The molecule has 0 aromatic carbocycles. The molecule has 2 unspecified atom stereocenters. The number of guanidine groups is 1. The number of nitrogens with two attached hydrogens (primary N) is 1. The van der Waals surface area contributed by atoms with Crippen LogP contribution >= 0.6 is 0 Å². The van der Waals surface area contributed by atoms with Gasteiger partial charge in [-0.15, -0.1) is 0 Å². The van der Waals surface area contributed by atoms with Gasteiger partial charge in [0, 0.05) is 20.1 Å². The SMILES string of the molecule is CN1C(=O)NC(=O)C2C1N=C1N(N)CCCCN12. The molecule has 0 radical (unpaired) electrons. The first kappa shape index (κ1) is 11.3. The van der Waals surface area contributed by atoms with E-state index in [0.717, 1.165) is 19.4 Å². The summed E-state index contributed by atoms with van der Waals surface area (Å²) in [5.74, 6) is 6.24. The molecule has 2 saturated heterocycles. The molecule has 18 heavy (non-hydrogen) atoms. The molecule has 0 aromatic rings. The Morgan fingerprint density at radius 2 is 2.06 bits per heavy atom. The number of fused-ring (bicyclic) bond motifs is 3. The molecule has 8 heteroatoms. The van der Waals surface area contributed by atoms with E-state index < -0.39 is 18.2 Å². The van der Waals surface area contributed by atoms with Crippen LogP contribution in [0.3, 0.4) is 0 Å². The van der Waals surface area contributed by atoms with Gasteiger partial charge < -0.3 is 9.80 Å². The van der Waals surface area contributed by atoms with Gasteiger partial charge in [-0.3, -0.25) is 15.1 Å². The summed E-state index contributed by atoms with van der Waals surface area (Å²) in [6.07, 6.45) is 1.46. The van der Waals surface area contributed by atoms with Crippen molar-refractivity contribution >= 4 is 17.9 Å². The fourth-order valence-corrected chi connectivity index (χ4v) is 2.65. The molecular formula is C10H16N6O2. The van der Waals surface area contributed by atoms with Gasteiger partial charge in [0.2, 0.25) is 5.96 Å². The van der Waals surface area contributed by atoms with Gasteiger partial charge in [0.25, 0.3) is 5.91 Å². The van der Waals surface area contributed by atoms with Gasteiger partial charge in [-0.25, -0.2) is 15.6 Å². The van der Waals surface area contributed by atoms with Crippen molar-refractivity contribution in [2.75, 3.05) is 20.1 Å². The van der Waals surface area contributed by atoms with Crippen molar-refractivity contribution in [1.29, 1.82) is 0 Å². The first-order chi connectivity index (χ1) is 8.59. The number of hydrogen-bond acceptors (Lipinski definition) is 6. The molecule has 0 bridgehead atoms. The number of aliphatic imine (C=N–C) groups is 1. The number of likely N-dealkylation sites (N-methyl/N-ethyl adjacent to an activating group) is 1. The molecule has 3 aliphatic rings. The van der Waals surface area contributed by atoms with Crippen LogP contribution in [0, 0.1) is 0 Å². The van der Waals surface area contributed by atoms with Gasteiger partial charge in [-0.05, 0) is 12.8 Å². The number of nitrogens with zero attached hydrogens (tertiary/aromatic N) is 4. The van der Waals surface area contributed by atoms with Crippen LogP contribution in [0.1, 0.15) is 12.8 Å². The average molecular weight is 252 g/mol. The van der Waals surface area contributed by atoms with Crippen molar-refractivity contribution in [3.8, 4) is 0 Å². The molecule has 3 heterocycles. The Labute approximate surface area is 104 Å². The summed E-state index contributed by atoms with van der Waals surface area (Å²) in [6.45, 7) is 1.46. The lowest BCUT2D eigenvalue weighted by molar-refractivity contribution is -0.127. The van der Waals surface area contributed by atoms with Crippen LogP contribution in [-0.2, 0) is 4.79 Å². The van der Waals surface area contributed by atoms with E-state index in [9.17, 15) is 9.59 Å². The van der Waals surface area contributed by atoms with E-state index in [1.807, 2.05) is 4.90 Å². The Hall–Kier alpha value is -1.83. The number of hydrogen-bond donors (Lipinski definition) is 2. The maximum Gasteiger partial charge on any atom is 0.325 e. The molecule has 2 atom stereocenters. The highest BCUT2D eigenvalue weighted by Gasteiger charge is 2.49. The fourth-order valence-electron chi connectivity index (χ4n) is 2.65. The lowest BCUT2D eigenvalue weighted by Crippen LogP contribution is -2.64. The predicted octanol–water partition coefficient (Wildman–Crippen LogP) is -1.50. The third kappa shape index (κ3) is 1.45. The Morgan fingerprint density at radius 1 is 1.33 bits per heavy atom. The van der Waals surface area contributed by atoms with Crippen LogP contribution in [0.4, 0.5) is 4.79 Å². The van der Waals surface area contributed by atoms with Crippen molar-refractivity contribution in [1.82, 2.24) is 20.1 Å². The molecule has 98 valence electrons. The van der Waals surface area contributed by atoms with Gasteiger partial charge >= 0.3 is 6.03 Å². The summed E-state index contributed by atoms with van der Waals surface area (Å²) in [6, 6.07) is -0.862. The van der Waals surface area contributed by atoms with Crippen LogP contribution in [-0.4, -0.2) is 65.1 Å². The molecule has 2 fully saturated rings. The second-order valence-corrected chi connectivity index (χ2v) is 4.79. The zero-order valence-corrected chi connectivity index (χ0v) is 10.2. The molecule has 8 nitrogen and oxygen atoms in total. The third-order valence-corrected chi connectivity index (χ3v) is 3.64. The Bertz CT molecular complexity index is 436. The van der Waals surface area contributed by atoms with Crippen molar-refractivity contribution in [2.45, 2.75) is 25.0 Å². The Kier molecular flexibility index (Phi) is 2.40. The van der Waals surface area contributed by atoms with E-state index in [2.05, 4.69) is 10.3 Å². The van der Waals surface area contributed by atoms with Crippen molar-refractivity contribution < 1.29 is 9.59 Å². The molecule has 3 aliphatic heterocycles. The topological polar surface area (TPSA) is 94.3 Å². The molecule has 0 aromatic heterocycles. The zero-order valence-electron chi connectivity index (χ0n) is 10.2. The minimum Gasteiger partial charge on any atom is -0.326 e. The van der Waals surface area contributed by atoms with Crippen molar-refractivity contribution in [3.63, 3.8) is 0 Å². The lowest BCUT2D eigenvalue weighted by atomic mass is 10.1. The van der Waals surface area contributed by atoms with E-state index in [0.29, 0.717) is 12.5 Å². The molecule has 0 saturated carbocycles. The molecular weight excluding hydrogens is 236 g/mol. The monoisotopic (exact) mass is 252 g/mol. The number of imide groups is 1. The molecule has 3 N–H and O–H groups in total. The molecule has 0 spiro atoms. The van der Waals surface area contributed by atoms with Gasteiger partial charge in [-0.1, -0.05) is 0 Å². The quantitative estimate of drug-likeness (QED) is 0.512. The predicted molar refractivity (Wildman–Crippen MR) is 63.1 cm³/mol. The highest BCUT2D eigenvalue weighted by atomic mass is 16.2.